The number of alkyl halides is 1. The maximum absolute atomic E-state index is 14.1. The van der Waals surface area contributed by atoms with Gasteiger partial charge in [-0.2, -0.15) is 20.3 Å². The molecule has 12 nitrogen and oxygen atoms in total. The van der Waals surface area contributed by atoms with Gasteiger partial charge in [0.2, 0.25) is 5.91 Å². The molecule has 3 atom stereocenters. The number of benzene rings is 2. The number of hydrogen-bond acceptors (Lipinski definition) is 10. The van der Waals surface area contributed by atoms with Crippen LogP contribution < -0.4 is 14.5 Å². The lowest BCUT2D eigenvalue weighted by atomic mass is 10.0. The quantitative estimate of drug-likeness (QED) is 0.255. The minimum atomic E-state index is -0.883. The van der Waals surface area contributed by atoms with Crippen molar-refractivity contribution in [1.29, 1.82) is 5.26 Å². The number of hydrogen-bond donors (Lipinski definition) is 0. The van der Waals surface area contributed by atoms with E-state index >= 15 is 0 Å². The first kappa shape index (κ1) is 31.8. The smallest absolute Gasteiger partial charge is 0.318 e. The number of anilines is 2. The monoisotopic (exact) mass is 670 g/mol. The third-order valence-electron chi connectivity index (χ3n) is 9.44. The molecule has 0 aliphatic carbocycles. The highest BCUT2D eigenvalue weighted by molar-refractivity contribution is 6.36. The fourth-order valence-electron chi connectivity index (χ4n) is 6.99. The molecule has 248 valence electrons. The molecular formula is C34H36ClFN10O2. The van der Waals surface area contributed by atoms with Gasteiger partial charge in [0.25, 0.3) is 0 Å². The molecule has 0 radical (unpaired) electrons. The van der Waals surface area contributed by atoms with Crippen molar-refractivity contribution < 1.29 is 13.9 Å². The van der Waals surface area contributed by atoms with Gasteiger partial charge in [-0.3, -0.25) is 9.69 Å². The van der Waals surface area contributed by atoms with Gasteiger partial charge in [-0.05, 0) is 37.4 Å². The predicted molar refractivity (Wildman–Crippen MR) is 180 cm³/mol. The van der Waals surface area contributed by atoms with E-state index in [2.05, 4.69) is 44.2 Å². The lowest BCUT2D eigenvalue weighted by Crippen LogP contribution is -2.55. The molecule has 0 spiro atoms. The zero-order valence-corrected chi connectivity index (χ0v) is 27.4. The summed E-state index contributed by atoms with van der Waals surface area (Å²) < 4.78 is 21.8. The molecule has 2 aromatic heterocycles. The molecule has 0 unspecified atom stereocenters. The Labute approximate surface area is 283 Å². The summed E-state index contributed by atoms with van der Waals surface area (Å²) in [5.41, 5.74) is 2.90. The molecule has 0 saturated carbocycles. The summed E-state index contributed by atoms with van der Waals surface area (Å²) in [6.45, 7) is 3.26. The zero-order valence-electron chi connectivity index (χ0n) is 26.6. The second kappa shape index (κ2) is 13.7. The number of ether oxygens (including phenoxy) is 1. The predicted octanol–water partition coefficient (Wildman–Crippen LogP) is 3.96. The zero-order chi connectivity index (χ0) is 33.2. The number of likely N-dealkylation sites (tertiary alicyclic amines) is 1. The van der Waals surface area contributed by atoms with Crippen molar-refractivity contribution in [2.45, 2.75) is 44.1 Å². The average Bonchev–Trinajstić information content (AvgIpc) is 3.74. The van der Waals surface area contributed by atoms with E-state index in [0.717, 1.165) is 40.1 Å². The lowest BCUT2D eigenvalue weighted by Gasteiger charge is -2.42. The van der Waals surface area contributed by atoms with Crippen molar-refractivity contribution in [3.63, 3.8) is 0 Å². The minimum absolute atomic E-state index is 0.0717. The van der Waals surface area contributed by atoms with Gasteiger partial charge in [0.05, 0.1) is 35.8 Å². The van der Waals surface area contributed by atoms with Crippen LogP contribution in [0.5, 0.6) is 6.01 Å². The first-order valence-electron chi connectivity index (χ1n) is 16.1. The van der Waals surface area contributed by atoms with Crippen LogP contribution in [0.3, 0.4) is 0 Å². The van der Waals surface area contributed by atoms with Crippen LogP contribution in [0.2, 0.25) is 5.02 Å². The Morgan fingerprint density at radius 3 is 2.75 bits per heavy atom. The Kier molecular flexibility index (Phi) is 9.10. The standard InChI is InChI=1S/C34H36ClFN10O2/c1-42-17-24(36)16-26(42)20-48-34-40-29-19-43(30-7-3-5-23-4-2-6-28(35)32(23)30)12-9-27(29)33(41-34)44-14-15-46(25(18-44)8-11-37)31(47)10-13-45-22-38-21-39-45/h2-7,10,13,21-22,24-26H,8-9,12,14-20H2,1H3/b13-10+/t24-,25+,26+/m1/s1. The molecule has 2 aromatic carbocycles. The second-order valence-electron chi connectivity index (χ2n) is 12.5. The number of amides is 1. The molecule has 0 bridgehead atoms. The summed E-state index contributed by atoms with van der Waals surface area (Å²) >= 11 is 6.71. The topological polar surface area (TPSA) is 120 Å². The van der Waals surface area contributed by atoms with Crippen molar-refractivity contribution in [1.82, 2.24) is 34.5 Å². The van der Waals surface area contributed by atoms with Crippen LogP contribution >= 0.6 is 11.6 Å². The lowest BCUT2D eigenvalue weighted by molar-refractivity contribution is -0.128. The molecule has 1 amide bonds. The normalized spacial score (nSPS) is 21.5. The van der Waals surface area contributed by atoms with Gasteiger partial charge in [0.15, 0.2) is 0 Å². The highest BCUT2D eigenvalue weighted by Crippen LogP contribution is 2.37. The van der Waals surface area contributed by atoms with E-state index in [1.54, 1.807) is 11.1 Å². The fourth-order valence-corrected chi connectivity index (χ4v) is 7.26. The van der Waals surface area contributed by atoms with E-state index in [-0.39, 0.29) is 37.0 Å². The molecule has 2 saturated heterocycles. The van der Waals surface area contributed by atoms with Crippen molar-refractivity contribution in [3.8, 4) is 12.1 Å². The SMILES string of the molecule is CN1C[C@H](F)C[C@H]1COc1nc2c(c(N3CCN(C(=O)/C=C/n4cncn4)[C@@H](CC#N)C3)n1)CCN(c1cccc3cccc(Cl)c13)C2. The van der Waals surface area contributed by atoms with Gasteiger partial charge in [0.1, 0.15) is 31.3 Å². The summed E-state index contributed by atoms with van der Waals surface area (Å²) in [4.78, 5) is 35.1. The van der Waals surface area contributed by atoms with Gasteiger partial charge < -0.3 is 19.4 Å². The van der Waals surface area contributed by atoms with Gasteiger partial charge in [0, 0.05) is 67.7 Å². The molecule has 48 heavy (non-hydrogen) atoms. The summed E-state index contributed by atoms with van der Waals surface area (Å²) in [6, 6.07) is 14.2. The summed E-state index contributed by atoms with van der Waals surface area (Å²) in [5.74, 6) is 0.553. The summed E-state index contributed by atoms with van der Waals surface area (Å²) in [5, 5.41) is 16.5. The second-order valence-corrected chi connectivity index (χ2v) is 12.9. The molecule has 5 heterocycles. The number of aromatic nitrogens is 5. The fraction of sp³-hybridized carbons (Fsp3) is 0.412. The van der Waals surface area contributed by atoms with Crippen molar-refractivity contribution in [2.24, 2.45) is 0 Å². The number of fused-ring (bicyclic) bond motifs is 2. The van der Waals surface area contributed by atoms with Crippen LogP contribution in [0.25, 0.3) is 17.0 Å². The Hall–Kier alpha value is -4.80. The molecule has 3 aliphatic rings. The number of halogens is 2. The van der Waals surface area contributed by atoms with Crippen LogP contribution in [-0.4, -0.2) is 105 Å². The van der Waals surface area contributed by atoms with Crippen LogP contribution in [0, 0.1) is 11.3 Å². The van der Waals surface area contributed by atoms with E-state index in [1.807, 2.05) is 30.1 Å². The molecule has 14 heteroatoms. The van der Waals surface area contributed by atoms with Gasteiger partial charge in [-0.25, -0.2) is 14.1 Å². The third kappa shape index (κ3) is 6.50. The largest absolute Gasteiger partial charge is 0.462 e. The van der Waals surface area contributed by atoms with Crippen molar-refractivity contribution in [2.75, 3.05) is 56.2 Å². The number of piperazine rings is 1. The van der Waals surface area contributed by atoms with E-state index in [9.17, 15) is 14.4 Å². The minimum Gasteiger partial charge on any atom is -0.462 e. The number of rotatable bonds is 8. The molecule has 3 aliphatic heterocycles. The number of carbonyl (C=O) groups excluding carboxylic acids is 1. The number of likely N-dealkylation sites (N-methyl/N-ethyl adjacent to an activating group) is 1. The highest BCUT2D eigenvalue weighted by Gasteiger charge is 2.34. The Morgan fingerprint density at radius 2 is 1.98 bits per heavy atom. The van der Waals surface area contributed by atoms with E-state index in [0.29, 0.717) is 50.6 Å². The first-order valence-corrected chi connectivity index (χ1v) is 16.5. The van der Waals surface area contributed by atoms with Crippen LogP contribution in [0.15, 0.2) is 55.1 Å². The van der Waals surface area contributed by atoms with E-state index in [4.69, 9.17) is 26.3 Å². The molecule has 7 rings (SSSR count). The average molecular weight is 671 g/mol. The number of nitrogens with zero attached hydrogens (tertiary/aromatic N) is 10. The Bertz CT molecular complexity index is 1860. The number of carbonyl (C=O) groups is 1. The Balaban J connectivity index is 1.18. The first-order chi connectivity index (χ1) is 23.4. The molecule has 4 aromatic rings. The Morgan fingerprint density at radius 1 is 1.12 bits per heavy atom. The van der Waals surface area contributed by atoms with Gasteiger partial charge in [-0.15, -0.1) is 0 Å². The van der Waals surface area contributed by atoms with Crippen molar-refractivity contribution >= 4 is 46.0 Å². The molecule has 0 N–H and O–H groups in total. The summed E-state index contributed by atoms with van der Waals surface area (Å²) in [7, 11) is 1.90. The van der Waals surface area contributed by atoms with Gasteiger partial charge >= 0.3 is 6.01 Å². The maximum atomic E-state index is 14.1. The van der Waals surface area contributed by atoms with Crippen LogP contribution in [0.4, 0.5) is 15.9 Å². The third-order valence-corrected chi connectivity index (χ3v) is 9.75. The molecule has 2 fully saturated rings. The molecular weight excluding hydrogens is 635 g/mol. The van der Waals surface area contributed by atoms with Crippen LogP contribution in [0.1, 0.15) is 24.1 Å². The highest BCUT2D eigenvalue weighted by atomic mass is 35.5. The number of nitriles is 1. The maximum Gasteiger partial charge on any atom is 0.318 e. The van der Waals surface area contributed by atoms with Crippen LogP contribution in [-0.2, 0) is 17.8 Å². The van der Waals surface area contributed by atoms with Gasteiger partial charge in [-0.1, -0.05) is 35.9 Å². The van der Waals surface area contributed by atoms with E-state index in [1.165, 1.54) is 23.4 Å². The van der Waals surface area contributed by atoms with Crippen molar-refractivity contribution in [3.05, 3.63) is 71.4 Å². The summed E-state index contributed by atoms with van der Waals surface area (Å²) in [6.07, 6.45) is 6.28. The van der Waals surface area contributed by atoms with E-state index < -0.39 is 6.17 Å².